The van der Waals surface area contributed by atoms with E-state index < -0.39 is 0 Å². The maximum absolute atomic E-state index is 5.70. The molecule has 0 bridgehead atoms. The largest absolute Gasteiger partial charge is 0.478 e. The van der Waals surface area contributed by atoms with Crippen molar-refractivity contribution in [2.45, 2.75) is 20.3 Å². The molecule has 0 aromatic carbocycles. The van der Waals surface area contributed by atoms with Crippen molar-refractivity contribution in [2.75, 3.05) is 50.8 Å². The Morgan fingerprint density at radius 3 is 2.71 bits per heavy atom. The fourth-order valence-electron chi connectivity index (χ4n) is 2.46. The molecule has 1 aliphatic rings. The van der Waals surface area contributed by atoms with E-state index in [4.69, 9.17) is 10.5 Å². The molecule has 0 amide bonds. The average Bonchev–Trinajstić information content (AvgIpc) is 2.53. The zero-order valence-corrected chi connectivity index (χ0v) is 13.2. The van der Waals surface area contributed by atoms with E-state index in [0.29, 0.717) is 18.4 Å². The highest BCUT2D eigenvalue weighted by Gasteiger charge is 2.19. The lowest BCUT2D eigenvalue weighted by atomic mass is 10.1. The van der Waals surface area contributed by atoms with Crippen LogP contribution in [0.1, 0.15) is 20.3 Å². The van der Waals surface area contributed by atoms with E-state index in [9.17, 15) is 0 Å². The number of hydrogen-bond donors (Lipinski definition) is 1. The van der Waals surface area contributed by atoms with Crippen LogP contribution < -0.4 is 15.4 Å². The summed E-state index contributed by atoms with van der Waals surface area (Å²) in [5.74, 6) is 2.19. The highest BCUT2D eigenvalue weighted by atomic mass is 16.5. The molecule has 2 N–H and O–H groups in total. The molecule has 1 unspecified atom stereocenters. The topological polar surface area (TPSA) is 67.5 Å². The lowest BCUT2D eigenvalue weighted by Gasteiger charge is -2.36. The number of piperazine rings is 1. The van der Waals surface area contributed by atoms with E-state index in [1.807, 2.05) is 6.07 Å². The third-order valence-electron chi connectivity index (χ3n) is 3.75. The molecule has 1 atom stereocenters. The van der Waals surface area contributed by atoms with Crippen LogP contribution in [0.15, 0.2) is 12.4 Å². The van der Waals surface area contributed by atoms with Gasteiger partial charge < -0.3 is 15.4 Å². The number of aromatic nitrogens is 2. The normalized spacial score (nSPS) is 17.8. The molecule has 6 heteroatoms. The molecule has 6 nitrogen and oxygen atoms in total. The van der Waals surface area contributed by atoms with Crippen LogP contribution in [0, 0.1) is 5.92 Å². The van der Waals surface area contributed by atoms with Gasteiger partial charge in [0.2, 0.25) is 5.88 Å². The molecule has 0 saturated carbocycles. The standard InChI is InChI=1S/C15H27N5O/c1-3-8-21-15-9-14(17-12-18-15)20-6-4-19(5-7-20)11-13(2)10-16/h9,12-13H,3-8,10-11,16H2,1-2H3. The minimum Gasteiger partial charge on any atom is -0.478 e. The Hall–Kier alpha value is -1.40. The molecule has 118 valence electrons. The van der Waals surface area contributed by atoms with E-state index in [1.54, 1.807) is 6.33 Å². The van der Waals surface area contributed by atoms with Crippen LogP contribution in [0.3, 0.4) is 0 Å². The van der Waals surface area contributed by atoms with Crippen molar-refractivity contribution >= 4 is 5.82 Å². The fraction of sp³-hybridized carbons (Fsp3) is 0.733. The predicted molar refractivity (Wildman–Crippen MR) is 84.7 cm³/mol. The van der Waals surface area contributed by atoms with Gasteiger partial charge in [-0.25, -0.2) is 9.97 Å². The zero-order valence-electron chi connectivity index (χ0n) is 13.2. The second-order valence-corrected chi connectivity index (χ2v) is 5.69. The molecule has 1 aromatic rings. The smallest absolute Gasteiger partial charge is 0.218 e. The molecule has 0 aliphatic carbocycles. The highest BCUT2D eigenvalue weighted by Crippen LogP contribution is 2.18. The summed E-state index contributed by atoms with van der Waals surface area (Å²) >= 11 is 0. The van der Waals surface area contributed by atoms with Gasteiger partial charge in [0.05, 0.1) is 6.61 Å². The second-order valence-electron chi connectivity index (χ2n) is 5.69. The number of anilines is 1. The quantitative estimate of drug-likeness (QED) is 0.808. The zero-order chi connectivity index (χ0) is 15.1. The SMILES string of the molecule is CCCOc1cc(N2CCN(CC(C)CN)CC2)ncn1. The van der Waals surface area contributed by atoms with Crippen LogP contribution in [0.25, 0.3) is 0 Å². The van der Waals surface area contributed by atoms with Crippen LogP contribution in [-0.2, 0) is 0 Å². The first-order valence-corrected chi connectivity index (χ1v) is 7.85. The van der Waals surface area contributed by atoms with Gasteiger partial charge in [0, 0.05) is 38.8 Å². The molecule has 0 spiro atoms. The Morgan fingerprint density at radius 2 is 2.05 bits per heavy atom. The van der Waals surface area contributed by atoms with E-state index in [-0.39, 0.29) is 0 Å². The van der Waals surface area contributed by atoms with Crippen LogP contribution in [-0.4, -0.2) is 60.7 Å². The van der Waals surface area contributed by atoms with E-state index in [0.717, 1.165) is 51.5 Å². The highest BCUT2D eigenvalue weighted by molar-refractivity contribution is 5.41. The van der Waals surface area contributed by atoms with Crippen molar-refractivity contribution < 1.29 is 4.74 Å². The summed E-state index contributed by atoms with van der Waals surface area (Å²) in [5, 5.41) is 0. The minimum absolute atomic E-state index is 0.560. The monoisotopic (exact) mass is 293 g/mol. The van der Waals surface area contributed by atoms with Crippen LogP contribution in [0.4, 0.5) is 5.82 Å². The third kappa shape index (κ3) is 4.82. The molecule has 2 rings (SSSR count). The lowest BCUT2D eigenvalue weighted by Crippen LogP contribution is -2.48. The van der Waals surface area contributed by atoms with Gasteiger partial charge in [-0.15, -0.1) is 0 Å². The Bertz CT molecular complexity index is 420. The van der Waals surface area contributed by atoms with Gasteiger partial charge in [0.25, 0.3) is 0 Å². The van der Waals surface area contributed by atoms with Crippen molar-refractivity contribution in [3.05, 3.63) is 12.4 Å². The molecule has 0 radical (unpaired) electrons. The van der Waals surface area contributed by atoms with Gasteiger partial charge in [-0.2, -0.15) is 0 Å². The number of ether oxygens (including phenoxy) is 1. The molecule has 2 heterocycles. The predicted octanol–water partition coefficient (Wildman–Crippen LogP) is 0.982. The first-order valence-electron chi connectivity index (χ1n) is 7.85. The molecule has 1 fully saturated rings. The number of nitrogens with two attached hydrogens (primary N) is 1. The van der Waals surface area contributed by atoms with Crippen LogP contribution >= 0.6 is 0 Å². The summed E-state index contributed by atoms with van der Waals surface area (Å²) in [6, 6.07) is 1.94. The van der Waals surface area contributed by atoms with E-state index >= 15 is 0 Å². The van der Waals surface area contributed by atoms with Gasteiger partial charge >= 0.3 is 0 Å². The fourth-order valence-corrected chi connectivity index (χ4v) is 2.46. The van der Waals surface area contributed by atoms with E-state index in [1.165, 1.54) is 0 Å². The Labute approximate surface area is 127 Å². The molecule has 1 aliphatic heterocycles. The molecular formula is C15H27N5O. The summed E-state index contributed by atoms with van der Waals surface area (Å²) in [6.07, 6.45) is 2.57. The molecular weight excluding hydrogens is 266 g/mol. The first kappa shape index (κ1) is 16.0. The molecule has 1 saturated heterocycles. The van der Waals surface area contributed by atoms with Gasteiger partial charge in [0.1, 0.15) is 12.1 Å². The first-order chi connectivity index (χ1) is 10.2. The van der Waals surface area contributed by atoms with Crippen molar-refractivity contribution in [2.24, 2.45) is 11.7 Å². The maximum atomic E-state index is 5.70. The summed E-state index contributed by atoms with van der Waals surface area (Å²) in [4.78, 5) is 13.3. The van der Waals surface area contributed by atoms with Gasteiger partial charge in [-0.1, -0.05) is 13.8 Å². The lowest BCUT2D eigenvalue weighted by molar-refractivity contribution is 0.226. The number of hydrogen-bond acceptors (Lipinski definition) is 6. The Kier molecular flexibility index (Phi) is 6.20. The third-order valence-corrected chi connectivity index (χ3v) is 3.75. The second kappa shape index (κ2) is 8.14. The molecule has 21 heavy (non-hydrogen) atoms. The minimum atomic E-state index is 0.560. The average molecular weight is 293 g/mol. The summed E-state index contributed by atoms with van der Waals surface area (Å²) in [6.45, 7) is 10.9. The molecule has 1 aromatic heterocycles. The van der Waals surface area contributed by atoms with Crippen molar-refractivity contribution in [3.8, 4) is 5.88 Å². The van der Waals surface area contributed by atoms with Crippen LogP contribution in [0.5, 0.6) is 5.88 Å². The number of nitrogens with zero attached hydrogens (tertiary/aromatic N) is 4. The van der Waals surface area contributed by atoms with Gasteiger partial charge in [-0.3, -0.25) is 4.90 Å². The Balaban J connectivity index is 1.87. The summed E-state index contributed by atoms with van der Waals surface area (Å²) in [5.41, 5.74) is 5.70. The Morgan fingerprint density at radius 1 is 1.29 bits per heavy atom. The van der Waals surface area contributed by atoms with Gasteiger partial charge in [0.15, 0.2) is 0 Å². The summed E-state index contributed by atoms with van der Waals surface area (Å²) < 4.78 is 5.57. The van der Waals surface area contributed by atoms with Crippen LogP contribution in [0.2, 0.25) is 0 Å². The maximum Gasteiger partial charge on any atom is 0.218 e. The van der Waals surface area contributed by atoms with Crippen molar-refractivity contribution in [1.82, 2.24) is 14.9 Å². The van der Waals surface area contributed by atoms with Crippen molar-refractivity contribution in [1.29, 1.82) is 0 Å². The van der Waals surface area contributed by atoms with E-state index in [2.05, 4.69) is 33.6 Å². The summed E-state index contributed by atoms with van der Waals surface area (Å²) in [7, 11) is 0. The van der Waals surface area contributed by atoms with Gasteiger partial charge in [-0.05, 0) is 18.9 Å². The number of rotatable bonds is 7. The van der Waals surface area contributed by atoms with Crippen molar-refractivity contribution in [3.63, 3.8) is 0 Å².